The summed E-state index contributed by atoms with van der Waals surface area (Å²) in [5.74, 6) is 0.166. The molecule has 1 aromatic carbocycles. The first-order chi connectivity index (χ1) is 8.95. The molecule has 0 saturated heterocycles. The molecule has 0 fully saturated rings. The molecule has 98 valence electrons. The lowest BCUT2D eigenvalue weighted by molar-refractivity contribution is 0.435. The molecular formula is C13H12FN3OS. The molecule has 0 aliphatic rings. The molecular weight excluding hydrogens is 265 g/mol. The molecule has 2 N–H and O–H groups in total. The van der Waals surface area contributed by atoms with Gasteiger partial charge in [0.05, 0.1) is 0 Å². The molecule has 4 nitrogen and oxygen atoms in total. The zero-order chi connectivity index (χ0) is 14.0. The van der Waals surface area contributed by atoms with E-state index in [1.807, 2.05) is 0 Å². The Morgan fingerprint density at radius 1 is 1.26 bits per heavy atom. The Morgan fingerprint density at radius 3 is 2.63 bits per heavy atom. The fourth-order valence-electron chi connectivity index (χ4n) is 1.54. The minimum absolute atomic E-state index is 0.137. The number of halogens is 1. The highest BCUT2D eigenvalue weighted by Gasteiger charge is 2.08. The number of rotatable bonds is 3. The molecule has 1 heterocycles. The molecule has 6 heteroatoms. The molecule has 0 aliphatic carbocycles. The first-order valence-corrected chi connectivity index (χ1v) is 5.96. The molecule has 2 rings (SSSR count). The van der Waals surface area contributed by atoms with E-state index in [4.69, 9.17) is 22.7 Å². The fourth-order valence-corrected chi connectivity index (χ4v) is 1.64. The van der Waals surface area contributed by atoms with Crippen LogP contribution < -0.4 is 10.5 Å². The van der Waals surface area contributed by atoms with Crippen LogP contribution in [0.3, 0.4) is 0 Å². The Morgan fingerprint density at radius 2 is 2.00 bits per heavy atom. The Labute approximate surface area is 115 Å². The van der Waals surface area contributed by atoms with Gasteiger partial charge in [-0.05, 0) is 43.7 Å². The molecule has 0 radical (unpaired) electrons. The maximum Gasteiger partial charge on any atom is 0.322 e. The number of hydrogen-bond acceptors (Lipinski definition) is 4. The topological polar surface area (TPSA) is 61.0 Å². The van der Waals surface area contributed by atoms with Gasteiger partial charge in [-0.2, -0.15) is 4.98 Å². The van der Waals surface area contributed by atoms with Gasteiger partial charge in [0.15, 0.2) is 0 Å². The number of aromatic nitrogens is 2. The van der Waals surface area contributed by atoms with E-state index in [-0.39, 0.29) is 16.8 Å². The van der Waals surface area contributed by atoms with Gasteiger partial charge in [-0.3, -0.25) is 0 Å². The van der Waals surface area contributed by atoms with Crippen molar-refractivity contribution < 1.29 is 9.13 Å². The van der Waals surface area contributed by atoms with E-state index in [0.717, 1.165) is 0 Å². The van der Waals surface area contributed by atoms with E-state index >= 15 is 0 Å². The second-order valence-corrected chi connectivity index (χ2v) is 4.49. The van der Waals surface area contributed by atoms with Gasteiger partial charge in [0.1, 0.15) is 22.2 Å². The number of nitrogens with zero attached hydrogens (tertiary/aromatic N) is 2. The minimum atomic E-state index is -0.321. The molecule has 0 spiro atoms. The molecule has 0 aliphatic heterocycles. The average molecular weight is 277 g/mol. The lowest BCUT2D eigenvalue weighted by Gasteiger charge is -2.08. The number of hydrogen-bond donors (Lipinski definition) is 1. The Balaban J connectivity index is 2.35. The van der Waals surface area contributed by atoms with Crippen LogP contribution in [-0.4, -0.2) is 15.0 Å². The number of aryl methyl sites for hydroxylation is 2. The zero-order valence-electron chi connectivity index (χ0n) is 10.5. The molecule has 0 amide bonds. The normalized spacial score (nSPS) is 10.3. The Bertz CT molecular complexity index is 646. The predicted octanol–water partition coefficient (Wildman–Crippen LogP) is 2.66. The van der Waals surface area contributed by atoms with Crippen LogP contribution in [0.4, 0.5) is 4.39 Å². The van der Waals surface area contributed by atoms with Gasteiger partial charge in [0.2, 0.25) is 0 Å². The van der Waals surface area contributed by atoms with E-state index in [9.17, 15) is 4.39 Å². The van der Waals surface area contributed by atoms with Crippen molar-refractivity contribution in [2.24, 2.45) is 5.73 Å². The third-order valence-corrected chi connectivity index (χ3v) is 2.63. The molecule has 0 atom stereocenters. The highest BCUT2D eigenvalue weighted by molar-refractivity contribution is 7.80. The van der Waals surface area contributed by atoms with Crippen molar-refractivity contribution in [2.45, 2.75) is 13.8 Å². The maximum atomic E-state index is 13.0. The van der Waals surface area contributed by atoms with Crippen molar-refractivity contribution in [1.82, 2.24) is 9.97 Å². The van der Waals surface area contributed by atoms with Crippen LogP contribution in [-0.2, 0) is 0 Å². The summed E-state index contributed by atoms with van der Waals surface area (Å²) < 4.78 is 18.5. The van der Waals surface area contributed by atoms with Gasteiger partial charge < -0.3 is 10.5 Å². The van der Waals surface area contributed by atoms with E-state index in [1.54, 1.807) is 19.9 Å². The van der Waals surface area contributed by atoms with Crippen molar-refractivity contribution in [2.75, 3.05) is 0 Å². The van der Waals surface area contributed by atoms with Crippen molar-refractivity contribution >= 4 is 17.2 Å². The predicted molar refractivity (Wildman–Crippen MR) is 73.9 cm³/mol. The smallest absolute Gasteiger partial charge is 0.322 e. The molecule has 0 saturated carbocycles. The van der Waals surface area contributed by atoms with Crippen molar-refractivity contribution in [3.8, 4) is 11.8 Å². The van der Waals surface area contributed by atoms with Crippen LogP contribution in [0.2, 0.25) is 0 Å². The summed E-state index contributed by atoms with van der Waals surface area (Å²) in [5, 5.41) is 0. The molecule has 1 aromatic heterocycles. The first-order valence-electron chi connectivity index (χ1n) is 5.55. The summed E-state index contributed by atoms with van der Waals surface area (Å²) in [5.41, 5.74) is 7.31. The third kappa shape index (κ3) is 3.23. The summed E-state index contributed by atoms with van der Waals surface area (Å²) in [6.07, 6.45) is 0. The number of thiocarbonyl (C=S) groups is 1. The SMILES string of the molecule is Cc1cc(C(N)=S)nc(Oc2ccc(F)cc2C)n1. The highest BCUT2D eigenvalue weighted by Crippen LogP contribution is 2.23. The van der Waals surface area contributed by atoms with E-state index < -0.39 is 0 Å². The summed E-state index contributed by atoms with van der Waals surface area (Å²) in [6.45, 7) is 3.52. The first kappa shape index (κ1) is 13.4. The van der Waals surface area contributed by atoms with Gasteiger partial charge in [-0.15, -0.1) is 0 Å². The van der Waals surface area contributed by atoms with E-state index in [2.05, 4.69) is 9.97 Å². The van der Waals surface area contributed by atoms with Gasteiger partial charge in [0, 0.05) is 5.69 Å². The summed E-state index contributed by atoms with van der Waals surface area (Å²) in [7, 11) is 0. The molecule has 0 unspecified atom stereocenters. The molecule has 2 aromatic rings. The Hall–Kier alpha value is -2.08. The average Bonchev–Trinajstić information content (AvgIpc) is 2.32. The lowest BCUT2D eigenvalue weighted by atomic mass is 10.2. The summed E-state index contributed by atoms with van der Waals surface area (Å²) in [6, 6.07) is 6.02. The van der Waals surface area contributed by atoms with Crippen LogP contribution in [0.5, 0.6) is 11.8 Å². The largest absolute Gasteiger partial charge is 0.424 e. The summed E-state index contributed by atoms with van der Waals surface area (Å²) >= 11 is 4.87. The van der Waals surface area contributed by atoms with Crippen molar-refractivity contribution in [3.63, 3.8) is 0 Å². The van der Waals surface area contributed by atoms with Crippen LogP contribution >= 0.6 is 12.2 Å². The molecule has 0 bridgehead atoms. The maximum absolute atomic E-state index is 13.0. The minimum Gasteiger partial charge on any atom is -0.424 e. The van der Waals surface area contributed by atoms with Crippen LogP contribution in [0.25, 0.3) is 0 Å². The highest BCUT2D eigenvalue weighted by atomic mass is 32.1. The quantitative estimate of drug-likeness (QED) is 0.874. The second-order valence-electron chi connectivity index (χ2n) is 4.05. The summed E-state index contributed by atoms with van der Waals surface area (Å²) in [4.78, 5) is 8.40. The van der Waals surface area contributed by atoms with Gasteiger partial charge in [-0.25, -0.2) is 9.37 Å². The van der Waals surface area contributed by atoms with E-state index in [1.165, 1.54) is 18.2 Å². The number of benzene rings is 1. The van der Waals surface area contributed by atoms with Crippen LogP contribution in [0.1, 0.15) is 17.0 Å². The third-order valence-electron chi connectivity index (χ3n) is 2.42. The monoisotopic (exact) mass is 277 g/mol. The number of nitrogens with two attached hydrogens (primary N) is 1. The van der Waals surface area contributed by atoms with Gasteiger partial charge in [0.25, 0.3) is 0 Å². The van der Waals surface area contributed by atoms with Gasteiger partial charge in [-0.1, -0.05) is 12.2 Å². The standard InChI is InChI=1S/C13H12FN3OS/c1-7-5-9(14)3-4-11(7)18-13-16-8(2)6-10(17-13)12(15)19/h3-6H,1-2H3,(H2,15,19). The van der Waals surface area contributed by atoms with Crippen molar-refractivity contribution in [1.29, 1.82) is 0 Å². The zero-order valence-corrected chi connectivity index (χ0v) is 11.3. The number of ether oxygens (including phenoxy) is 1. The lowest BCUT2D eigenvalue weighted by Crippen LogP contribution is -2.13. The van der Waals surface area contributed by atoms with Crippen LogP contribution in [0.15, 0.2) is 24.3 Å². The van der Waals surface area contributed by atoms with E-state index in [0.29, 0.717) is 22.7 Å². The second kappa shape index (κ2) is 5.27. The van der Waals surface area contributed by atoms with Gasteiger partial charge >= 0.3 is 6.01 Å². The Kier molecular flexibility index (Phi) is 3.71. The molecule has 19 heavy (non-hydrogen) atoms. The van der Waals surface area contributed by atoms with Crippen molar-refractivity contribution in [3.05, 3.63) is 47.0 Å². The van der Waals surface area contributed by atoms with Crippen LogP contribution in [0, 0.1) is 19.7 Å². The fraction of sp³-hybridized carbons (Fsp3) is 0.154.